The number of rotatable bonds is 3. The number of hydrogen-bond acceptors (Lipinski definition) is 5. The lowest BCUT2D eigenvalue weighted by molar-refractivity contribution is 0.484. The summed E-state index contributed by atoms with van der Waals surface area (Å²) in [7, 11) is 0. The van der Waals surface area contributed by atoms with Crippen molar-refractivity contribution in [1.29, 1.82) is 0 Å². The van der Waals surface area contributed by atoms with Gasteiger partial charge in [-0.15, -0.1) is 0 Å². The second-order valence-corrected chi connectivity index (χ2v) is 13.3. The van der Waals surface area contributed by atoms with Crippen LogP contribution in [0.1, 0.15) is 11.1 Å². The SMILES string of the molecule is Cc1cccc(C)c1-c1ccc2c(c1)c1ccc(Oc3ccc4c(c3)c3nc5ccccc5n3c3nccnc43)cc1c1nc3ccccc3n21. The lowest BCUT2D eigenvalue weighted by Crippen LogP contribution is -1.96. The van der Waals surface area contributed by atoms with Gasteiger partial charge in [0.1, 0.15) is 28.3 Å². The van der Waals surface area contributed by atoms with Crippen molar-refractivity contribution in [2.45, 2.75) is 13.8 Å². The van der Waals surface area contributed by atoms with Crippen LogP contribution in [0.4, 0.5) is 0 Å². The third-order valence-corrected chi connectivity index (χ3v) is 10.3. The van der Waals surface area contributed by atoms with Gasteiger partial charge in [0.15, 0.2) is 5.65 Å². The molecule has 7 heteroatoms. The van der Waals surface area contributed by atoms with Crippen LogP contribution in [0.15, 0.2) is 134 Å². The Morgan fingerprint density at radius 2 is 1.10 bits per heavy atom. The summed E-state index contributed by atoms with van der Waals surface area (Å²) >= 11 is 0. The first-order valence-electron chi connectivity index (χ1n) is 17.1. The summed E-state index contributed by atoms with van der Waals surface area (Å²) in [6.45, 7) is 4.37. The number of para-hydroxylation sites is 4. The molecule has 5 heterocycles. The number of aromatic nitrogens is 6. The van der Waals surface area contributed by atoms with Crippen LogP contribution >= 0.6 is 0 Å². The molecule has 5 aromatic heterocycles. The fraction of sp³-hybridized carbons (Fsp3) is 0.0455. The molecule has 0 aliphatic carbocycles. The Bertz CT molecular complexity index is 3250. The van der Waals surface area contributed by atoms with Crippen LogP contribution in [0.3, 0.4) is 0 Å². The van der Waals surface area contributed by atoms with Gasteiger partial charge in [0.05, 0.1) is 27.6 Å². The number of pyridine rings is 2. The molecule has 0 fully saturated rings. The van der Waals surface area contributed by atoms with Gasteiger partial charge in [-0.05, 0) is 114 Å². The van der Waals surface area contributed by atoms with E-state index in [1.165, 1.54) is 27.6 Å². The molecule has 0 spiro atoms. The van der Waals surface area contributed by atoms with E-state index in [0.717, 1.165) is 77.3 Å². The fourth-order valence-corrected chi connectivity index (χ4v) is 8.05. The number of benzene rings is 6. The molecule has 11 aromatic rings. The molecule has 0 N–H and O–H groups in total. The number of hydrogen-bond donors (Lipinski definition) is 0. The summed E-state index contributed by atoms with van der Waals surface area (Å²) in [5, 5.41) is 5.24. The standard InChI is InChI=1S/C44H28N6O/c1-25-8-7-9-26(2)40(25)27-14-19-37-32(22-27)30-17-15-28(23-33(30)42-47-35-10-3-5-12-38(35)49(37)42)51-29-16-18-31-34(24-29)43-48-36-11-4-6-13-39(36)50(43)44-41(31)45-20-21-46-44/h3-24H,1-2H3. The van der Waals surface area contributed by atoms with Gasteiger partial charge >= 0.3 is 0 Å². The van der Waals surface area contributed by atoms with Crippen LogP contribution in [0.2, 0.25) is 0 Å². The highest BCUT2D eigenvalue weighted by atomic mass is 16.5. The number of imidazole rings is 2. The molecule has 0 unspecified atom stereocenters. The van der Waals surface area contributed by atoms with Crippen molar-refractivity contribution < 1.29 is 4.74 Å². The van der Waals surface area contributed by atoms with Crippen LogP contribution in [-0.4, -0.2) is 28.7 Å². The molecule has 0 atom stereocenters. The maximum atomic E-state index is 6.68. The molecular weight excluding hydrogens is 629 g/mol. The Hall–Kier alpha value is -6.86. The van der Waals surface area contributed by atoms with Crippen molar-refractivity contribution in [2.24, 2.45) is 0 Å². The smallest absolute Gasteiger partial charge is 0.165 e. The lowest BCUT2D eigenvalue weighted by atomic mass is 9.93. The average molecular weight is 657 g/mol. The topological polar surface area (TPSA) is 69.6 Å². The van der Waals surface area contributed by atoms with E-state index in [-0.39, 0.29) is 0 Å². The Morgan fingerprint density at radius 1 is 0.471 bits per heavy atom. The molecule has 0 amide bonds. The average Bonchev–Trinajstić information content (AvgIpc) is 3.75. The van der Waals surface area contributed by atoms with Gasteiger partial charge in [-0.25, -0.2) is 15.0 Å². The Balaban J connectivity index is 1.13. The third-order valence-electron chi connectivity index (χ3n) is 10.3. The van der Waals surface area contributed by atoms with Gasteiger partial charge in [0, 0.05) is 33.9 Å². The van der Waals surface area contributed by atoms with Gasteiger partial charge in [0.25, 0.3) is 0 Å². The van der Waals surface area contributed by atoms with Crippen molar-refractivity contribution in [3.63, 3.8) is 0 Å². The summed E-state index contributed by atoms with van der Waals surface area (Å²) in [5.74, 6) is 1.44. The summed E-state index contributed by atoms with van der Waals surface area (Å²) in [6.07, 6.45) is 3.47. The molecule has 7 nitrogen and oxygen atoms in total. The molecule has 0 radical (unpaired) electrons. The molecule has 11 rings (SSSR count). The van der Waals surface area contributed by atoms with Crippen molar-refractivity contribution in [2.75, 3.05) is 0 Å². The van der Waals surface area contributed by atoms with E-state index in [9.17, 15) is 0 Å². The van der Waals surface area contributed by atoms with Crippen molar-refractivity contribution in [3.8, 4) is 22.6 Å². The summed E-state index contributed by atoms with van der Waals surface area (Å²) < 4.78 is 11.1. The van der Waals surface area contributed by atoms with Crippen LogP contribution < -0.4 is 4.74 Å². The van der Waals surface area contributed by atoms with E-state index in [2.05, 4.69) is 114 Å². The highest BCUT2D eigenvalue weighted by Gasteiger charge is 2.18. The van der Waals surface area contributed by atoms with E-state index in [1.807, 2.05) is 30.3 Å². The summed E-state index contributed by atoms with van der Waals surface area (Å²) in [5.41, 5.74) is 13.4. The zero-order chi connectivity index (χ0) is 33.8. The molecule has 6 aromatic carbocycles. The molecule has 0 saturated heterocycles. The Kier molecular flexibility index (Phi) is 5.67. The molecule has 0 bridgehead atoms. The number of nitrogens with zero attached hydrogens (tertiary/aromatic N) is 6. The van der Waals surface area contributed by atoms with Gasteiger partial charge in [0.2, 0.25) is 0 Å². The van der Waals surface area contributed by atoms with Crippen LogP contribution in [-0.2, 0) is 0 Å². The minimum atomic E-state index is 0.710. The zero-order valence-corrected chi connectivity index (χ0v) is 27.8. The van der Waals surface area contributed by atoms with E-state index in [0.29, 0.717) is 5.75 Å². The number of fused-ring (bicyclic) bond motifs is 16. The largest absolute Gasteiger partial charge is 0.457 e. The molecule has 240 valence electrons. The molecule has 0 aliphatic heterocycles. The van der Waals surface area contributed by atoms with E-state index < -0.39 is 0 Å². The minimum absolute atomic E-state index is 0.710. The van der Waals surface area contributed by atoms with Crippen molar-refractivity contribution in [1.82, 2.24) is 28.7 Å². The monoisotopic (exact) mass is 656 g/mol. The van der Waals surface area contributed by atoms with Crippen molar-refractivity contribution in [3.05, 3.63) is 145 Å². The summed E-state index contributed by atoms with van der Waals surface area (Å²) in [4.78, 5) is 19.6. The normalized spacial score (nSPS) is 12.1. The number of ether oxygens (including phenoxy) is 1. The summed E-state index contributed by atoms with van der Waals surface area (Å²) in [6, 6.07) is 42.2. The van der Waals surface area contributed by atoms with E-state index in [4.69, 9.17) is 24.7 Å². The maximum absolute atomic E-state index is 6.68. The Labute approximate surface area is 291 Å². The van der Waals surface area contributed by atoms with Gasteiger partial charge in [-0.2, -0.15) is 0 Å². The molecule has 51 heavy (non-hydrogen) atoms. The maximum Gasteiger partial charge on any atom is 0.165 e. The first-order valence-corrected chi connectivity index (χ1v) is 17.1. The highest BCUT2D eigenvalue weighted by Crippen LogP contribution is 2.39. The van der Waals surface area contributed by atoms with Crippen molar-refractivity contribution >= 4 is 77.0 Å². The quantitative estimate of drug-likeness (QED) is 0.177. The lowest BCUT2D eigenvalue weighted by Gasteiger charge is -2.15. The first kappa shape index (κ1) is 28.0. The van der Waals surface area contributed by atoms with E-state index in [1.54, 1.807) is 12.4 Å². The van der Waals surface area contributed by atoms with E-state index >= 15 is 0 Å². The predicted octanol–water partition coefficient (Wildman–Crippen LogP) is 10.8. The fourth-order valence-electron chi connectivity index (χ4n) is 8.05. The Morgan fingerprint density at radius 3 is 1.84 bits per heavy atom. The second-order valence-electron chi connectivity index (χ2n) is 13.3. The number of aryl methyl sites for hydroxylation is 2. The van der Waals surface area contributed by atoms with Crippen LogP contribution in [0.25, 0.3) is 88.1 Å². The highest BCUT2D eigenvalue weighted by molar-refractivity contribution is 6.15. The van der Waals surface area contributed by atoms with Crippen LogP contribution in [0.5, 0.6) is 11.5 Å². The van der Waals surface area contributed by atoms with Gasteiger partial charge in [-0.3, -0.25) is 13.8 Å². The zero-order valence-electron chi connectivity index (χ0n) is 27.8. The van der Waals surface area contributed by atoms with Crippen LogP contribution in [0, 0.1) is 13.8 Å². The third kappa shape index (κ3) is 4.00. The van der Waals surface area contributed by atoms with Gasteiger partial charge in [-0.1, -0.05) is 48.5 Å². The van der Waals surface area contributed by atoms with Gasteiger partial charge < -0.3 is 4.74 Å². The molecule has 0 aliphatic rings. The molecular formula is C44H28N6O. The minimum Gasteiger partial charge on any atom is -0.457 e. The second kappa shape index (κ2) is 10.3. The first-order chi connectivity index (χ1) is 25.1. The predicted molar refractivity (Wildman–Crippen MR) is 206 cm³/mol. The molecule has 0 saturated carbocycles.